The quantitative estimate of drug-likeness (QED) is 0.602. The minimum absolute atomic E-state index is 0.0380. The van der Waals surface area contributed by atoms with Gasteiger partial charge in [-0.25, -0.2) is 4.98 Å². The molecule has 0 saturated carbocycles. The summed E-state index contributed by atoms with van der Waals surface area (Å²) in [7, 11) is 0. The number of thiazole rings is 1. The lowest BCUT2D eigenvalue weighted by atomic mass is 10.1. The van der Waals surface area contributed by atoms with E-state index in [-0.39, 0.29) is 29.7 Å². The Morgan fingerprint density at radius 2 is 1.84 bits per heavy atom. The number of anilines is 1. The van der Waals surface area contributed by atoms with Crippen LogP contribution in [-0.2, 0) is 9.59 Å². The van der Waals surface area contributed by atoms with Crippen LogP contribution in [0.25, 0.3) is 21.8 Å². The maximum atomic E-state index is 12.7. The van der Waals surface area contributed by atoms with Gasteiger partial charge in [-0.15, -0.1) is 11.3 Å². The van der Waals surface area contributed by atoms with Crippen LogP contribution in [-0.4, -0.2) is 33.8 Å². The predicted molar refractivity (Wildman–Crippen MR) is 126 cm³/mol. The molecule has 1 aromatic heterocycles. The third kappa shape index (κ3) is 4.54. The van der Waals surface area contributed by atoms with Crippen molar-refractivity contribution in [1.82, 2.24) is 9.88 Å². The summed E-state index contributed by atoms with van der Waals surface area (Å²) in [6.07, 6.45) is 0.266. The van der Waals surface area contributed by atoms with Crippen molar-refractivity contribution in [2.45, 2.75) is 39.7 Å². The number of aryl methyl sites for hydroxylation is 1. The van der Waals surface area contributed by atoms with Gasteiger partial charge in [-0.3, -0.25) is 9.59 Å². The first-order valence-corrected chi connectivity index (χ1v) is 11.3. The number of aromatic nitrogens is 1. The van der Waals surface area contributed by atoms with Crippen LogP contribution in [0, 0.1) is 12.8 Å². The van der Waals surface area contributed by atoms with Crippen molar-refractivity contribution in [3.63, 3.8) is 0 Å². The number of hydrogen-bond donors (Lipinski definition) is 1. The number of hydrogen-bond acceptors (Lipinski definition) is 4. The van der Waals surface area contributed by atoms with Crippen LogP contribution in [0.3, 0.4) is 0 Å². The third-order valence-electron chi connectivity index (χ3n) is 5.63. The van der Waals surface area contributed by atoms with Gasteiger partial charge < -0.3 is 10.2 Å². The van der Waals surface area contributed by atoms with Gasteiger partial charge in [-0.1, -0.05) is 36.4 Å². The van der Waals surface area contributed by atoms with Crippen LogP contribution in [0.4, 0.5) is 5.69 Å². The van der Waals surface area contributed by atoms with E-state index in [1.807, 2.05) is 57.2 Å². The van der Waals surface area contributed by atoms with Crippen molar-refractivity contribution in [2.75, 3.05) is 11.9 Å². The fraction of sp³-hybridized carbons (Fsp3) is 0.320. The van der Waals surface area contributed by atoms with Crippen LogP contribution in [0.5, 0.6) is 0 Å². The Hall–Kier alpha value is -2.99. The molecule has 1 aliphatic rings. The van der Waals surface area contributed by atoms with E-state index in [0.29, 0.717) is 6.54 Å². The second kappa shape index (κ2) is 8.27. The standard InChI is InChI=1S/C25H27N3O2S/c1-16-7-5-6-8-20(16)24-27-21(15-31-24)17-9-11-19(12-10-17)26-23(30)18-13-22(29)28(14-18)25(2,3)4/h5-12,15,18H,13-14H2,1-4H3,(H,26,30). The smallest absolute Gasteiger partial charge is 0.229 e. The molecule has 31 heavy (non-hydrogen) atoms. The molecular weight excluding hydrogens is 406 g/mol. The zero-order valence-electron chi connectivity index (χ0n) is 18.3. The summed E-state index contributed by atoms with van der Waals surface area (Å²) >= 11 is 1.63. The Morgan fingerprint density at radius 1 is 1.13 bits per heavy atom. The highest BCUT2D eigenvalue weighted by Gasteiger charge is 2.39. The topological polar surface area (TPSA) is 62.3 Å². The molecule has 3 aromatic rings. The molecule has 1 unspecified atom stereocenters. The number of likely N-dealkylation sites (tertiary alicyclic amines) is 1. The van der Waals surface area contributed by atoms with E-state index < -0.39 is 0 Å². The fourth-order valence-corrected chi connectivity index (χ4v) is 4.76. The molecule has 1 fully saturated rings. The van der Waals surface area contributed by atoms with Crippen molar-refractivity contribution in [3.05, 3.63) is 59.5 Å². The zero-order valence-corrected chi connectivity index (χ0v) is 19.1. The molecule has 2 aromatic carbocycles. The van der Waals surface area contributed by atoms with Gasteiger partial charge in [0.05, 0.1) is 11.6 Å². The van der Waals surface area contributed by atoms with E-state index in [1.165, 1.54) is 5.56 Å². The molecular formula is C25H27N3O2S. The van der Waals surface area contributed by atoms with Crippen LogP contribution in [0.2, 0.25) is 0 Å². The van der Waals surface area contributed by atoms with Gasteiger partial charge in [0.15, 0.2) is 0 Å². The predicted octanol–water partition coefficient (Wildman–Crippen LogP) is 5.37. The summed E-state index contributed by atoms with van der Waals surface area (Å²) in [6.45, 7) is 8.53. The molecule has 1 saturated heterocycles. The van der Waals surface area contributed by atoms with Gasteiger partial charge in [0.25, 0.3) is 0 Å². The average Bonchev–Trinajstić information content (AvgIpc) is 3.36. The van der Waals surface area contributed by atoms with Crippen molar-refractivity contribution >= 4 is 28.8 Å². The summed E-state index contributed by atoms with van der Waals surface area (Å²) in [5.41, 5.74) is 4.74. The molecule has 2 amide bonds. The van der Waals surface area contributed by atoms with Crippen LogP contribution < -0.4 is 5.32 Å². The molecule has 5 nitrogen and oxygen atoms in total. The second-order valence-corrected chi connectivity index (χ2v) is 9.85. The van der Waals surface area contributed by atoms with Gasteiger partial charge in [0.1, 0.15) is 5.01 Å². The molecule has 0 bridgehead atoms. The maximum Gasteiger partial charge on any atom is 0.229 e. The largest absolute Gasteiger partial charge is 0.337 e. The third-order valence-corrected chi connectivity index (χ3v) is 6.51. The molecule has 1 N–H and O–H groups in total. The molecule has 0 spiro atoms. The van der Waals surface area contributed by atoms with Gasteiger partial charge in [0.2, 0.25) is 11.8 Å². The van der Waals surface area contributed by atoms with E-state index in [2.05, 4.69) is 29.8 Å². The molecule has 1 aliphatic heterocycles. The zero-order chi connectivity index (χ0) is 22.2. The molecule has 0 radical (unpaired) electrons. The number of carbonyl (C=O) groups excluding carboxylic acids is 2. The molecule has 0 aliphatic carbocycles. The minimum Gasteiger partial charge on any atom is -0.337 e. The van der Waals surface area contributed by atoms with Gasteiger partial charge in [-0.2, -0.15) is 0 Å². The van der Waals surface area contributed by atoms with Crippen molar-refractivity contribution in [3.8, 4) is 21.8 Å². The highest BCUT2D eigenvalue weighted by molar-refractivity contribution is 7.13. The first kappa shape index (κ1) is 21.2. The summed E-state index contributed by atoms with van der Waals surface area (Å²) in [6, 6.07) is 15.9. The van der Waals surface area contributed by atoms with Crippen LogP contribution in [0.15, 0.2) is 53.9 Å². The van der Waals surface area contributed by atoms with E-state index in [4.69, 9.17) is 4.98 Å². The lowest BCUT2D eigenvalue weighted by molar-refractivity contribution is -0.131. The number of benzene rings is 2. The van der Waals surface area contributed by atoms with Crippen LogP contribution in [0.1, 0.15) is 32.8 Å². The highest BCUT2D eigenvalue weighted by atomic mass is 32.1. The van der Waals surface area contributed by atoms with Gasteiger partial charge >= 0.3 is 0 Å². The average molecular weight is 434 g/mol. The van der Waals surface area contributed by atoms with E-state index in [9.17, 15) is 9.59 Å². The van der Waals surface area contributed by atoms with Gasteiger partial charge in [0, 0.05) is 40.7 Å². The first-order chi connectivity index (χ1) is 14.7. The van der Waals surface area contributed by atoms with Gasteiger partial charge in [-0.05, 0) is 45.4 Å². The Labute approximate surface area is 187 Å². The van der Waals surface area contributed by atoms with E-state index in [1.54, 1.807) is 16.2 Å². The molecule has 4 rings (SSSR count). The molecule has 2 heterocycles. The molecule has 1 atom stereocenters. The Kier molecular flexibility index (Phi) is 5.67. The van der Waals surface area contributed by atoms with E-state index in [0.717, 1.165) is 27.5 Å². The molecule has 160 valence electrons. The monoisotopic (exact) mass is 433 g/mol. The van der Waals surface area contributed by atoms with Crippen molar-refractivity contribution in [2.24, 2.45) is 5.92 Å². The highest BCUT2D eigenvalue weighted by Crippen LogP contribution is 2.31. The Balaban J connectivity index is 1.43. The lowest BCUT2D eigenvalue weighted by Gasteiger charge is -2.31. The van der Waals surface area contributed by atoms with Crippen LogP contribution >= 0.6 is 11.3 Å². The number of rotatable bonds is 4. The van der Waals surface area contributed by atoms with Crippen molar-refractivity contribution in [1.29, 1.82) is 0 Å². The summed E-state index contributed by atoms with van der Waals surface area (Å²) < 4.78 is 0. The minimum atomic E-state index is -0.318. The van der Waals surface area contributed by atoms with Crippen molar-refractivity contribution < 1.29 is 9.59 Å². The first-order valence-electron chi connectivity index (χ1n) is 10.5. The normalized spacial score (nSPS) is 16.6. The number of carbonyl (C=O) groups is 2. The maximum absolute atomic E-state index is 12.7. The fourth-order valence-electron chi connectivity index (χ4n) is 3.84. The molecule has 6 heteroatoms. The summed E-state index contributed by atoms with van der Waals surface area (Å²) in [5.74, 6) is -0.388. The second-order valence-electron chi connectivity index (χ2n) is 9.00. The number of nitrogens with one attached hydrogen (secondary N) is 1. The number of nitrogens with zero attached hydrogens (tertiary/aromatic N) is 2. The SMILES string of the molecule is Cc1ccccc1-c1nc(-c2ccc(NC(=O)C3CC(=O)N(C(C)(C)C)C3)cc2)cs1. The Bertz CT molecular complexity index is 1110. The number of amides is 2. The lowest BCUT2D eigenvalue weighted by Crippen LogP contribution is -2.42. The Morgan fingerprint density at radius 3 is 2.48 bits per heavy atom. The summed E-state index contributed by atoms with van der Waals surface area (Å²) in [5, 5.41) is 6.01. The summed E-state index contributed by atoms with van der Waals surface area (Å²) in [4.78, 5) is 31.5. The van der Waals surface area contributed by atoms with E-state index >= 15 is 0 Å².